The molecule has 1 aromatic carbocycles. The summed E-state index contributed by atoms with van der Waals surface area (Å²) in [6, 6.07) is 8.32. The minimum absolute atomic E-state index is 0. The van der Waals surface area contributed by atoms with E-state index < -0.39 is 0 Å². The Morgan fingerprint density at radius 1 is 0.952 bits per heavy atom. The molecule has 0 aliphatic carbocycles. The Balaban J connectivity index is 0.00000400. The summed E-state index contributed by atoms with van der Waals surface area (Å²) in [7, 11) is 0. The molecule has 0 aromatic heterocycles. The van der Waals surface area contributed by atoms with E-state index in [1.54, 1.807) is 0 Å². The first-order chi connectivity index (χ1) is 9.77. The van der Waals surface area contributed by atoms with Crippen LogP contribution in [0.5, 0.6) is 5.75 Å². The van der Waals surface area contributed by atoms with Gasteiger partial charge in [0.15, 0.2) is 6.29 Å². The SMILES string of the molecule is CCCCCCCCc1ccccc1OC(C)OCC.[NaH]. The summed E-state index contributed by atoms with van der Waals surface area (Å²) in [5.41, 5.74) is 1.30. The summed E-state index contributed by atoms with van der Waals surface area (Å²) >= 11 is 0. The zero-order valence-corrected chi connectivity index (χ0v) is 13.4. The molecule has 1 rings (SSSR count). The van der Waals surface area contributed by atoms with E-state index in [2.05, 4.69) is 19.1 Å². The molecule has 1 aromatic rings. The Morgan fingerprint density at radius 3 is 2.33 bits per heavy atom. The van der Waals surface area contributed by atoms with Crippen LogP contribution in [0.15, 0.2) is 24.3 Å². The summed E-state index contributed by atoms with van der Waals surface area (Å²) in [5, 5.41) is 0. The number of unbranched alkanes of at least 4 members (excludes halogenated alkanes) is 5. The molecule has 3 heteroatoms. The van der Waals surface area contributed by atoms with Crippen molar-refractivity contribution in [2.75, 3.05) is 6.61 Å². The van der Waals surface area contributed by atoms with E-state index >= 15 is 0 Å². The molecule has 0 amide bonds. The van der Waals surface area contributed by atoms with Gasteiger partial charge in [0.05, 0.1) is 0 Å². The third-order valence-electron chi connectivity index (χ3n) is 3.47. The van der Waals surface area contributed by atoms with E-state index in [0.717, 1.165) is 12.2 Å². The van der Waals surface area contributed by atoms with Crippen molar-refractivity contribution >= 4 is 29.6 Å². The van der Waals surface area contributed by atoms with Gasteiger partial charge in [0, 0.05) is 6.61 Å². The van der Waals surface area contributed by atoms with Crippen molar-refractivity contribution in [3.05, 3.63) is 29.8 Å². The zero-order valence-electron chi connectivity index (χ0n) is 13.4. The molecule has 0 saturated heterocycles. The number of hydrogen-bond donors (Lipinski definition) is 0. The van der Waals surface area contributed by atoms with Gasteiger partial charge in [-0.3, -0.25) is 0 Å². The van der Waals surface area contributed by atoms with Crippen molar-refractivity contribution in [2.24, 2.45) is 0 Å². The fourth-order valence-electron chi connectivity index (χ4n) is 2.37. The van der Waals surface area contributed by atoms with Crippen LogP contribution in [0.1, 0.15) is 64.9 Å². The third-order valence-corrected chi connectivity index (χ3v) is 3.47. The Labute approximate surface area is 152 Å². The molecule has 0 saturated carbocycles. The fourth-order valence-corrected chi connectivity index (χ4v) is 2.37. The fraction of sp³-hybridized carbons (Fsp3) is 0.667. The Morgan fingerprint density at radius 2 is 1.62 bits per heavy atom. The topological polar surface area (TPSA) is 18.5 Å². The molecule has 0 N–H and O–H groups in total. The maximum atomic E-state index is 5.86. The van der Waals surface area contributed by atoms with E-state index in [1.165, 1.54) is 44.1 Å². The molecule has 0 spiro atoms. The monoisotopic (exact) mass is 302 g/mol. The number of hydrogen-bond acceptors (Lipinski definition) is 2. The first kappa shape index (κ1) is 21.0. The Hall–Kier alpha value is -0.0200. The van der Waals surface area contributed by atoms with Crippen molar-refractivity contribution in [2.45, 2.75) is 72.0 Å². The van der Waals surface area contributed by atoms with Crippen molar-refractivity contribution in [3.63, 3.8) is 0 Å². The number of rotatable bonds is 11. The zero-order chi connectivity index (χ0) is 14.6. The molecule has 0 fully saturated rings. The van der Waals surface area contributed by atoms with Crippen LogP contribution in [0.2, 0.25) is 0 Å². The normalized spacial score (nSPS) is 11.8. The first-order valence-electron chi connectivity index (χ1n) is 8.14. The van der Waals surface area contributed by atoms with Crippen molar-refractivity contribution in [1.29, 1.82) is 0 Å². The van der Waals surface area contributed by atoms with Gasteiger partial charge in [-0.25, -0.2) is 0 Å². The second-order valence-electron chi connectivity index (χ2n) is 5.27. The quantitative estimate of drug-likeness (QED) is 0.335. The molecule has 0 bridgehead atoms. The number of aryl methyl sites for hydroxylation is 1. The molecule has 0 aliphatic heterocycles. The molecule has 1 unspecified atom stereocenters. The second-order valence-corrected chi connectivity index (χ2v) is 5.27. The maximum absolute atomic E-state index is 5.86. The summed E-state index contributed by atoms with van der Waals surface area (Å²) in [4.78, 5) is 0. The van der Waals surface area contributed by atoms with E-state index in [1.807, 2.05) is 26.0 Å². The van der Waals surface area contributed by atoms with Crippen LogP contribution in [0.25, 0.3) is 0 Å². The van der Waals surface area contributed by atoms with Crippen LogP contribution >= 0.6 is 0 Å². The number of para-hydroxylation sites is 1. The van der Waals surface area contributed by atoms with Gasteiger partial charge >= 0.3 is 29.6 Å². The number of benzene rings is 1. The van der Waals surface area contributed by atoms with E-state index in [9.17, 15) is 0 Å². The minimum atomic E-state index is -0.175. The summed E-state index contributed by atoms with van der Waals surface area (Å²) in [5.74, 6) is 0.974. The molecular formula is C18H31NaO2. The predicted molar refractivity (Wildman–Crippen MR) is 92.4 cm³/mol. The molecular weight excluding hydrogens is 271 g/mol. The molecule has 2 nitrogen and oxygen atoms in total. The molecule has 1 atom stereocenters. The van der Waals surface area contributed by atoms with Gasteiger partial charge < -0.3 is 9.47 Å². The van der Waals surface area contributed by atoms with E-state index in [-0.39, 0.29) is 35.8 Å². The van der Waals surface area contributed by atoms with Gasteiger partial charge in [-0.2, -0.15) is 0 Å². The van der Waals surface area contributed by atoms with Crippen LogP contribution < -0.4 is 4.74 Å². The molecule has 0 heterocycles. The summed E-state index contributed by atoms with van der Waals surface area (Å²) in [6.45, 7) is 6.88. The van der Waals surface area contributed by atoms with Gasteiger partial charge in [-0.1, -0.05) is 57.2 Å². The Kier molecular flexibility index (Phi) is 13.6. The summed E-state index contributed by atoms with van der Waals surface area (Å²) < 4.78 is 11.3. The first-order valence-corrected chi connectivity index (χ1v) is 8.14. The standard InChI is InChI=1S/C18H30O2.Na.H/c1-4-6-7-8-9-10-13-17-14-11-12-15-18(17)20-16(3)19-5-2;;/h11-12,14-16H,4-10,13H2,1-3H3;;. The van der Waals surface area contributed by atoms with Crippen molar-refractivity contribution in [3.8, 4) is 5.75 Å². The van der Waals surface area contributed by atoms with Crippen molar-refractivity contribution < 1.29 is 9.47 Å². The average Bonchev–Trinajstić information content (AvgIpc) is 2.44. The molecule has 0 aliphatic rings. The van der Waals surface area contributed by atoms with Crippen LogP contribution in [-0.2, 0) is 11.2 Å². The van der Waals surface area contributed by atoms with Gasteiger partial charge in [0.1, 0.15) is 5.75 Å². The molecule has 21 heavy (non-hydrogen) atoms. The molecule has 0 radical (unpaired) electrons. The average molecular weight is 302 g/mol. The Bertz CT molecular complexity index is 355. The second kappa shape index (κ2) is 13.6. The van der Waals surface area contributed by atoms with Crippen molar-refractivity contribution in [1.82, 2.24) is 0 Å². The van der Waals surface area contributed by atoms with E-state index in [0.29, 0.717) is 6.61 Å². The predicted octanol–water partition coefficient (Wildman–Crippen LogP) is 4.70. The van der Waals surface area contributed by atoms with Crippen LogP contribution in [0.4, 0.5) is 0 Å². The van der Waals surface area contributed by atoms with Crippen LogP contribution in [-0.4, -0.2) is 42.5 Å². The summed E-state index contributed by atoms with van der Waals surface area (Å²) in [6.07, 6.45) is 8.88. The van der Waals surface area contributed by atoms with Gasteiger partial charge in [0.25, 0.3) is 0 Å². The van der Waals surface area contributed by atoms with E-state index in [4.69, 9.17) is 9.47 Å². The third kappa shape index (κ3) is 9.57. The van der Waals surface area contributed by atoms with Gasteiger partial charge in [0.2, 0.25) is 0 Å². The van der Waals surface area contributed by atoms with Crippen LogP contribution in [0, 0.1) is 0 Å². The van der Waals surface area contributed by atoms with Gasteiger partial charge in [-0.15, -0.1) is 0 Å². The van der Waals surface area contributed by atoms with Gasteiger partial charge in [-0.05, 0) is 38.3 Å². The number of ether oxygens (including phenoxy) is 2. The van der Waals surface area contributed by atoms with Crippen LogP contribution in [0.3, 0.4) is 0 Å². The molecule has 116 valence electrons.